The minimum atomic E-state index is 0.0939. The second-order valence-corrected chi connectivity index (χ2v) is 5.14. The molecule has 2 atom stereocenters. The number of ether oxygens (including phenoxy) is 1. The van der Waals surface area contributed by atoms with Gasteiger partial charge in [0.2, 0.25) is 0 Å². The highest BCUT2D eigenvalue weighted by molar-refractivity contribution is 5.11. The van der Waals surface area contributed by atoms with Crippen molar-refractivity contribution in [3.8, 4) is 0 Å². The van der Waals surface area contributed by atoms with Gasteiger partial charge in [-0.05, 0) is 32.8 Å². The molecule has 1 N–H and O–H groups in total. The minimum absolute atomic E-state index is 0.0939. The van der Waals surface area contributed by atoms with Gasteiger partial charge in [-0.3, -0.25) is 4.68 Å². The minimum Gasteiger partial charge on any atom is -0.377 e. The van der Waals surface area contributed by atoms with Gasteiger partial charge in [-0.15, -0.1) is 0 Å². The third-order valence-corrected chi connectivity index (χ3v) is 3.95. The molecule has 0 radical (unpaired) electrons. The number of nitrogens with one attached hydrogen (secondary N) is 1. The molecule has 1 aliphatic heterocycles. The van der Waals surface area contributed by atoms with Crippen LogP contribution in [0.4, 0.5) is 0 Å². The van der Waals surface area contributed by atoms with E-state index in [1.54, 1.807) is 0 Å². The first-order valence-electron chi connectivity index (χ1n) is 6.43. The topological polar surface area (TPSA) is 39.1 Å². The summed E-state index contributed by atoms with van der Waals surface area (Å²) < 4.78 is 7.60. The van der Waals surface area contributed by atoms with Gasteiger partial charge in [-0.2, -0.15) is 5.10 Å². The van der Waals surface area contributed by atoms with E-state index in [2.05, 4.69) is 37.3 Å². The predicted molar refractivity (Wildman–Crippen MR) is 67.9 cm³/mol. The molecule has 2 rings (SSSR count). The van der Waals surface area contributed by atoms with E-state index in [9.17, 15) is 0 Å². The third-order valence-electron chi connectivity index (χ3n) is 3.95. The lowest BCUT2D eigenvalue weighted by Gasteiger charge is -2.29. The summed E-state index contributed by atoms with van der Waals surface area (Å²) in [7, 11) is 2.01. The number of hydrogen-bond acceptors (Lipinski definition) is 3. The maximum absolute atomic E-state index is 5.63. The van der Waals surface area contributed by atoms with Crippen LogP contribution in [0, 0.1) is 0 Å². The van der Waals surface area contributed by atoms with Crippen molar-refractivity contribution in [1.29, 1.82) is 0 Å². The summed E-state index contributed by atoms with van der Waals surface area (Å²) in [6.07, 6.45) is 2.35. The van der Waals surface area contributed by atoms with Crippen molar-refractivity contribution in [1.82, 2.24) is 15.1 Å². The molecular formula is C13H23N3O. The molecule has 96 valence electrons. The second kappa shape index (κ2) is 4.78. The molecule has 0 bridgehead atoms. The van der Waals surface area contributed by atoms with Gasteiger partial charge in [-0.1, -0.05) is 6.92 Å². The Morgan fingerprint density at radius 1 is 1.65 bits per heavy atom. The molecule has 1 aromatic heterocycles. The standard InChI is InChI=1S/C13H23N3O/c1-5-11-8-12(16(4)15-11)9-14-13(3)6-7-17-10(13)2/h8,10,14H,5-7,9H2,1-4H3. The molecule has 2 unspecified atom stereocenters. The number of rotatable bonds is 4. The van der Waals surface area contributed by atoms with Crippen LogP contribution in [0.15, 0.2) is 6.07 Å². The van der Waals surface area contributed by atoms with E-state index >= 15 is 0 Å². The van der Waals surface area contributed by atoms with Crippen molar-refractivity contribution in [2.24, 2.45) is 7.05 Å². The maximum atomic E-state index is 5.63. The highest BCUT2D eigenvalue weighted by Gasteiger charge is 2.36. The summed E-state index contributed by atoms with van der Waals surface area (Å²) in [5.74, 6) is 0. The number of aryl methyl sites for hydroxylation is 2. The number of hydrogen-bond donors (Lipinski definition) is 1. The van der Waals surface area contributed by atoms with Gasteiger partial charge in [0.1, 0.15) is 0 Å². The van der Waals surface area contributed by atoms with E-state index < -0.39 is 0 Å². The van der Waals surface area contributed by atoms with Crippen LogP contribution >= 0.6 is 0 Å². The molecule has 0 aliphatic carbocycles. The van der Waals surface area contributed by atoms with Crippen molar-refractivity contribution in [2.45, 2.75) is 51.8 Å². The van der Waals surface area contributed by atoms with Gasteiger partial charge >= 0.3 is 0 Å². The number of aromatic nitrogens is 2. The Kier molecular flexibility index (Phi) is 3.54. The predicted octanol–water partition coefficient (Wildman–Crippen LogP) is 1.64. The summed E-state index contributed by atoms with van der Waals surface area (Å²) >= 11 is 0. The molecule has 1 aliphatic rings. The third kappa shape index (κ3) is 2.53. The molecule has 17 heavy (non-hydrogen) atoms. The van der Waals surface area contributed by atoms with E-state index in [0.717, 1.165) is 31.7 Å². The van der Waals surface area contributed by atoms with Crippen molar-refractivity contribution in [2.75, 3.05) is 6.61 Å². The second-order valence-electron chi connectivity index (χ2n) is 5.14. The van der Waals surface area contributed by atoms with Gasteiger partial charge in [0.05, 0.1) is 17.5 Å². The van der Waals surface area contributed by atoms with Crippen LogP contribution < -0.4 is 5.32 Å². The Morgan fingerprint density at radius 2 is 2.41 bits per heavy atom. The van der Waals surface area contributed by atoms with Crippen LogP contribution in [0.25, 0.3) is 0 Å². The summed E-state index contributed by atoms with van der Waals surface area (Å²) in [6.45, 7) is 8.22. The highest BCUT2D eigenvalue weighted by Crippen LogP contribution is 2.25. The summed E-state index contributed by atoms with van der Waals surface area (Å²) in [6, 6.07) is 2.18. The molecule has 0 spiro atoms. The Morgan fingerprint density at radius 3 is 2.94 bits per heavy atom. The normalized spacial score (nSPS) is 28.8. The molecule has 1 fully saturated rings. The Balaban J connectivity index is 1.99. The average molecular weight is 237 g/mol. The molecule has 2 heterocycles. The van der Waals surface area contributed by atoms with Crippen LogP contribution in [0.5, 0.6) is 0 Å². The summed E-state index contributed by atoms with van der Waals surface area (Å²) in [5.41, 5.74) is 2.49. The SMILES string of the molecule is CCc1cc(CNC2(C)CCOC2C)n(C)n1. The van der Waals surface area contributed by atoms with Crippen molar-refractivity contribution >= 4 is 0 Å². The first-order valence-corrected chi connectivity index (χ1v) is 6.43. The Hall–Kier alpha value is -0.870. The largest absolute Gasteiger partial charge is 0.377 e. The lowest BCUT2D eigenvalue weighted by Crippen LogP contribution is -2.47. The van der Waals surface area contributed by atoms with Crippen LogP contribution in [-0.4, -0.2) is 28.0 Å². The summed E-state index contributed by atoms with van der Waals surface area (Å²) in [4.78, 5) is 0. The quantitative estimate of drug-likeness (QED) is 0.865. The fourth-order valence-electron chi connectivity index (χ4n) is 2.27. The Labute approximate surface area is 103 Å². The lowest BCUT2D eigenvalue weighted by atomic mass is 9.94. The van der Waals surface area contributed by atoms with Gasteiger partial charge in [-0.25, -0.2) is 0 Å². The summed E-state index contributed by atoms with van der Waals surface area (Å²) in [5, 5.41) is 8.08. The first-order chi connectivity index (χ1) is 8.05. The van der Waals surface area contributed by atoms with E-state index in [0.29, 0.717) is 0 Å². The zero-order chi connectivity index (χ0) is 12.5. The molecule has 0 aromatic carbocycles. The molecule has 4 nitrogen and oxygen atoms in total. The molecule has 1 saturated heterocycles. The highest BCUT2D eigenvalue weighted by atomic mass is 16.5. The van der Waals surface area contributed by atoms with E-state index in [4.69, 9.17) is 4.74 Å². The fraction of sp³-hybridized carbons (Fsp3) is 0.769. The smallest absolute Gasteiger partial charge is 0.0726 e. The number of nitrogens with zero attached hydrogens (tertiary/aromatic N) is 2. The van der Waals surface area contributed by atoms with Gasteiger partial charge in [0, 0.05) is 25.7 Å². The lowest BCUT2D eigenvalue weighted by molar-refractivity contribution is 0.0879. The molecule has 0 saturated carbocycles. The van der Waals surface area contributed by atoms with Gasteiger partial charge in [0.25, 0.3) is 0 Å². The van der Waals surface area contributed by atoms with Gasteiger partial charge < -0.3 is 10.1 Å². The van der Waals surface area contributed by atoms with Gasteiger partial charge in [0.15, 0.2) is 0 Å². The van der Waals surface area contributed by atoms with Crippen LogP contribution in [0.3, 0.4) is 0 Å². The monoisotopic (exact) mass is 237 g/mol. The maximum Gasteiger partial charge on any atom is 0.0726 e. The van der Waals surface area contributed by atoms with E-state index in [-0.39, 0.29) is 11.6 Å². The zero-order valence-corrected chi connectivity index (χ0v) is 11.3. The van der Waals surface area contributed by atoms with Crippen LogP contribution in [0.1, 0.15) is 38.6 Å². The fourth-order valence-corrected chi connectivity index (χ4v) is 2.27. The van der Waals surface area contributed by atoms with Crippen LogP contribution in [-0.2, 0) is 24.8 Å². The molecule has 0 amide bonds. The first kappa shape index (κ1) is 12.6. The Bertz CT molecular complexity index is 388. The van der Waals surface area contributed by atoms with E-state index in [1.165, 1.54) is 5.69 Å². The van der Waals surface area contributed by atoms with Crippen LogP contribution in [0.2, 0.25) is 0 Å². The van der Waals surface area contributed by atoms with E-state index in [1.807, 2.05) is 11.7 Å². The molecule has 1 aromatic rings. The average Bonchev–Trinajstić information content (AvgIpc) is 2.82. The molecular weight excluding hydrogens is 214 g/mol. The van der Waals surface area contributed by atoms with Crippen molar-refractivity contribution in [3.05, 3.63) is 17.5 Å². The van der Waals surface area contributed by atoms with Crippen molar-refractivity contribution < 1.29 is 4.74 Å². The zero-order valence-electron chi connectivity index (χ0n) is 11.3. The molecule has 4 heteroatoms. The van der Waals surface area contributed by atoms with Crippen molar-refractivity contribution in [3.63, 3.8) is 0 Å².